The summed E-state index contributed by atoms with van der Waals surface area (Å²) in [6.07, 6.45) is 2.80. The maximum Gasteiger partial charge on any atom is 0.307 e. The summed E-state index contributed by atoms with van der Waals surface area (Å²) in [6.45, 7) is 9.11. The number of hydrogen-bond donors (Lipinski definition) is 2. The van der Waals surface area contributed by atoms with Crippen molar-refractivity contribution >= 4 is 28.7 Å². The van der Waals surface area contributed by atoms with Crippen molar-refractivity contribution in [2.24, 2.45) is 7.05 Å². The van der Waals surface area contributed by atoms with Crippen LogP contribution >= 0.6 is 11.3 Å². The Bertz CT molecular complexity index is 1480. The van der Waals surface area contributed by atoms with Gasteiger partial charge in [0.05, 0.1) is 10.6 Å². The highest BCUT2D eigenvalue weighted by atomic mass is 32.1. The number of nitrogens with zero attached hydrogens (tertiary/aromatic N) is 6. The summed E-state index contributed by atoms with van der Waals surface area (Å²) in [5, 5.41) is 12.1. The minimum atomic E-state index is 0.0111. The van der Waals surface area contributed by atoms with Crippen LogP contribution < -0.4 is 20.4 Å². The van der Waals surface area contributed by atoms with E-state index in [0.29, 0.717) is 12.0 Å². The molecule has 0 amide bonds. The number of anilines is 3. The van der Waals surface area contributed by atoms with Crippen LogP contribution in [-0.2, 0) is 13.5 Å². The van der Waals surface area contributed by atoms with E-state index >= 15 is 0 Å². The first kappa shape index (κ1) is 26.6. The Kier molecular flexibility index (Phi) is 7.92. The van der Waals surface area contributed by atoms with Gasteiger partial charge in [-0.25, -0.2) is 20.0 Å². The maximum atomic E-state index is 12.1. The number of hydrazine groups is 1. The third kappa shape index (κ3) is 5.80. The van der Waals surface area contributed by atoms with E-state index in [1.54, 1.807) is 17.8 Å². The zero-order chi connectivity index (χ0) is 27.5. The maximum absolute atomic E-state index is 12.1. The van der Waals surface area contributed by atoms with Crippen LogP contribution in [0.1, 0.15) is 11.3 Å². The van der Waals surface area contributed by atoms with Crippen molar-refractivity contribution in [3.63, 3.8) is 0 Å². The molecule has 0 radical (unpaired) electrons. The van der Waals surface area contributed by atoms with Crippen LogP contribution in [0.3, 0.4) is 0 Å². The number of nitrogens with one attached hydrogen (secondary N) is 2. The van der Waals surface area contributed by atoms with E-state index < -0.39 is 0 Å². The fourth-order valence-corrected chi connectivity index (χ4v) is 6.54. The molecule has 0 bridgehead atoms. The van der Waals surface area contributed by atoms with Crippen molar-refractivity contribution in [1.82, 2.24) is 29.9 Å². The van der Waals surface area contributed by atoms with Crippen molar-refractivity contribution in [3.05, 3.63) is 87.8 Å². The first-order valence-electron chi connectivity index (χ1n) is 13.9. The van der Waals surface area contributed by atoms with E-state index in [1.165, 1.54) is 22.6 Å². The van der Waals surface area contributed by atoms with Gasteiger partial charge in [-0.15, -0.1) is 0 Å². The van der Waals surface area contributed by atoms with E-state index in [-0.39, 0.29) is 4.87 Å². The zero-order valence-electron chi connectivity index (χ0n) is 23.1. The minimum Gasteiger partial charge on any atom is -0.369 e. The molecule has 2 aliphatic heterocycles. The van der Waals surface area contributed by atoms with E-state index in [1.807, 2.05) is 13.0 Å². The zero-order valence-corrected chi connectivity index (χ0v) is 23.9. The molecule has 2 aromatic heterocycles. The van der Waals surface area contributed by atoms with Crippen molar-refractivity contribution in [1.29, 1.82) is 0 Å². The molecule has 10 heteroatoms. The molecule has 9 nitrogen and oxygen atoms in total. The van der Waals surface area contributed by atoms with Gasteiger partial charge >= 0.3 is 4.87 Å². The molecule has 0 spiro atoms. The standard InChI is InChI=1S/C30H36N8OS/c1-22-28(40-30(39)35(22)2)27-12-13-32-29(34-27)33-24-8-10-25(11-9-24)36-16-18-37(19-17-36)38-15-14-31-21-26(38)20-23-6-4-3-5-7-23/h3-13,26,31H,14-21H2,1-2H3,(H,32,33,34). The van der Waals surface area contributed by atoms with Gasteiger partial charge in [-0.2, -0.15) is 0 Å². The van der Waals surface area contributed by atoms with Gasteiger partial charge in [-0.3, -0.25) is 4.79 Å². The van der Waals surface area contributed by atoms with Gasteiger partial charge in [0.25, 0.3) is 0 Å². The molecule has 2 N–H and O–H groups in total. The Labute approximate surface area is 239 Å². The monoisotopic (exact) mass is 556 g/mol. The molecular weight excluding hydrogens is 520 g/mol. The number of benzene rings is 2. The summed E-state index contributed by atoms with van der Waals surface area (Å²) in [7, 11) is 1.79. The normalized spacial score (nSPS) is 18.6. The highest BCUT2D eigenvalue weighted by Gasteiger charge is 2.30. The van der Waals surface area contributed by atoms with Crippen LogP contribution in [0, 0.1) is 6.92 Å². The first-order chi connectivity index (χ1) is 19.5. The average molecular weight is 557 g/mol. The number of piperazine rings is 2. The van der Waals surface area contributed by atoms with Gasteiger partial charge in [0.2, 0.25) is 5.95 Å². The molecule has 0 saturated carbocycles. The SMILES string of the molecule is Cc1c(-c2ccnc(Nc3ccc(N4CCN(N5CCNCC5Cc5ccccc5)CC4)cc3)n2)sc(=O)n1C. The summed E-state index contributed by atoms with van der Waals surface area (Å²) >= 11 is 1.21. The molecule has 2 aromatic carbocycles. The van der Waals surface area contributed by atoms with Gasteiger partial charge in [-0.05, 0) is 49.2 Å². The average Bonchev–Trinajstić information content (AvgIpc) is 3.26. The lowest BCUT2D eigenvalue weighted by molar-refractivity contribution is -0.0745. The van der Waals surface area contributed by atoms with Crippen LogP contribution in [0.5, 0.6) is 0 Å². The third-order valence-corrected chi connectivity index (χ3v) is 9.08. The lowest BCUT2D eigenvalue weighted by atomic mass is 10.0. The molecule has 1 atom stereocenters. The third-order valence-electron chi connectivity index (χ3n) is 7.92. The summed E-state index contributed by atoms with van der Waals surface area (Å²) in [5.41, 5.74) is 5.22. The van der Waals surface area contributed by atoms with Gasteiger partial charge in [-0.1, -0.05) is 41.7 Å². The Morgan fingerprint density at radius 2 is 1.77 bits per heavy atom. The molecular formula is C30H36N8OS. The number of rotatable bonds is 7. The Hall–Kier alpha value is -3.57. The van der Waals surface area contributed by atoms with Gasteiger partial charge in [0.1, 0.15) is 0 Å². The molecule has 4 aromatic rings. The Morgan fingerprint density at radius 3 is 2.50 bits per heavy atom. The highest BCUT2D eigenvalue weighted by Crippen LogP contribution is 2.26. The van der Waals surface area contributed by atoms with Gasteiger partial charge in [0, 0.05) is 82.2 Å². The van der Waals surface area contributed by atoms with E-state index in [9.17, 15) is 4.79 Å². The van der Waals surface area contributed by atoms with Crippen molar-refractivity contribution in [3.8, 4) is 10.6 Å². The van der Waals surface area contributed by atoms with Crippen molar-refractivity contribution < 1.29 is 0 Å². The predicted molar refractivity (Wildman–Crippen MR) is 162 cm³/mol. The summed E-state index contributed by atoms with van der Waals surface area (Å²) < 4.78 is 1.65. The predicted octanol–water partition coefficient (Wildman–Crippen LogP) is 3.51. The smallest absolute Gasteiger partial charge is 0.307 e. The second-order valence-corrected chi connectivity index (χ2v) is 11.4. The van der Waals surface area contributed by atoms with E-state index in [4.69, 9.17) is 0 Å². The van der Waals surface area contributed by atoms with Crippen LogP contribution in [0.25, 0.3) is 10.6 Å². The van der Waals surface area contributed by atoms with Gasteiger partial charge < -0.3 is 20.1 Å². The fourth-order valence-electron chi connectivity index (χ4n) is 5.58. The summed E-state index contributed by atoms with van der Waals surface area (Å²) in [4.78, 5) is 24.5. The molecule has 1 unspecified atom stereocenters. The lowest BCUT2D eigenvalue weighted by Crippen LogP contribution is -2.62. The van der Waals surface area contributed by atoms with Crippen LogP contribution in [0.15, 0.2) is 71.7 Å². The quantitative estimate of drug-likeness (QED) is 0.358. The Morgan fingerprint density at radius 1 is 1.00 bits per heavy atom. The fraction of sp³-hybridized carbons (Fsp3) is 0.367. The molecule has 40 heavy (non-hydrogen) atoms. The second kappa shape index (κ2) is 11.9. The number of thiazole rings is 1. The lowest BCUT2D eigenvalue weighted by Gasteiger charge is -2.47. The molecule has 2 fully saturated rings. The van der Waals surface area contributed by atoms with Crippen LogP contribution in [-0.4, -0.2) is 76.4 Å². The molecule has 208 valence electrons. The van der Waals surface area contributed by atoms with E-state index in [2.05, 4.69) is 90.1 Å². The van der Waals surface area contributed by atoms with Crippen LogP contribution in [0.4, 0.5) is 17.3 Å². The van der Waals surface area contributed by atoms with Crippen LogP contribution in [0.2, 0.25) is 0 Å². The largest absolute Gasteiger partial charge is 0.369 e. The first-order valence-corrected chi connectivity index (χ1v) is 14.7. The van der Waals surface area contributed by atoms with Gasteiger partial charge in [0.15, 0.2) is 0 Å². The highest BCUT2D eigenvalue weighted by molar-refractivity contribution is 7.13. The van der Waals surface area contributed by atoms with E-state index in [0.717, 1.165) is 74.2 Å². The Balaban J connectivity index is 1.06. The molecule has 2 saturated heterocycles. The number of aromatic nitrogens is 3. The molecule has 6 rings (SSSR count). The van der Waals surface area contributed by atoms with Crippen molar-refractivity contribution in [2.45, 2.75) is 19.4 Å². The second-order valence-electron chi connectivity index (χ2n) is 10.4. The molecule has 4 heterocycles. The topological polar surface area (TPSA) is 81.6 Å². The molecule has 2 aliphatic rings. The summed E-state index contributed by atoms with van der Waals surface area (Å²) in [5.74, 6) is 0.517. The number of hydrogen-bond acceptors (Lipinski definition) is 9. The summed E-state index contributed by atoms with van der Waals surface area (Å²) in [6, 6.07) is 21.7. The minimum absolute atomic E-state index is 0.0111. The van der Waals surface area contributed by atoms with Crippen molar-refractivity contribution in [2.75, 3.05) is 56.0 Å². The molecule has 0 aliphatic carbocycles.